The van der Waals surface area contributed by atoms with E-state index in [1.165, 1.54) is 38.8 Å². The third kappa shape index (κ3) is 1.70. The maximum atomic E-state index is 2.38. The predicted molar refractivity (Wildman–Crippen MR) is 91.4 cm³/mol. The zero-order chi connectivity index (χ0) is 15.3. The van der Waals surface area contributed by atoms with E-state index in [1.54, 1.807) is 0 Å². The fourth-order valence-corrected chi connectivity index (χ4v) is 3.32. The highest BCUT2D eigenvalue weighted by atomic mass is 15.1. The quantitative estimate of drug-likeness (QED) is 0.463. The van der Waals surface area contributed by atoms with E-state index in [-0.39, 0.29) is 0 Å². The van der Waals surface area contributed by atoms with Crippen molar-refractivity contribution < 1.29 is 4.57 Å². The van der Waals surface area contributed by atoms with Gasteiger partial charge in [-0.25, -0.2) is 4.57 Å². The summed E-state index contributed by atoms with van der Waals surface area (Å²) in [7, 11) is 2.11. The molecule has 4 rings (SSSR count). The number of rotatable bonds is 1. The van der Waals surface area contributed by atoms with Gasteiger partial charge in [-0.2, -0.15) is 4.57 Å². The number of pyridine rings is 1. The second-order valence-electron chi connectivity index (χ2n) is 5.93. The van der Waals surface area contributed by atoms with Crippen molar-refractivity contribution in [3.63, 3.8) is 0 Å². The second kappa shape index (κ2) is 4.70. The molecule has 2 aromatic heterocycles. The molecule has 0 aliphatic heterocycles. The Morgan fingerprint density at radius 3 is 2.45 bits per heavy atom. The highest BCUT2D eigenvalue weighted by Gasteiger charge is 2.22. The SMILES string of the molecule is Cc1cccc(-n2c3ccccc3c3ccc[n+](C)c32)c1C. The van der Waals surface area contributed by atoms with Crippen molar-refractivity contribution in [3.05, 3.63) is 71.9 Å². The third-order valence-electron chi connectivity index (χ3n) is 4.61. The molecule has 22 heavy (non-hydrogen) atoms. The fourth-order valence-electron chi connectivity index (χ4n) is 3.32. The predicted octanol–water partition coefficient (Wildman–Crippen LogP) is 4.23. The Kier molecular flexibility index (Phi) is 2.80. The van der Waals surface area contributed by atoms with Crippen LogP contribution >= 0.6 is 0 Å². The first-order valence-electron chi connectivity index (χ1n) is 7.63. The summed E-state index contributed by atoms with van der Waals surface area (Å²) in [6.07, 6.45) is 2.11. The van der Waals surface area contributed by atoms with E-state index in [9.17, 15) is 0 Å². The van der Waals surface area contributed by atoms with Crippen LogP contribution in [0.15, 0.2) is 60.8 Å². The first-order valence-corrected chi connectivity index (χ1v) is 7.63. The van der Waals surface area contributed by atoms with Crippen LogP contribution in [0, 0.1) is 13.8 Å². The van der Waals surface area contributed by atoms with Crippen LogP contribution in [0.5, 0.6) is 0 Å². The van der Waals surface area contributed by atoms with E-state index in [1.807, 2.05) is 0 Å². The molecule has 0 atom stereocenters. The number of aryl methyl sites for hydroxylation is 2. The summed E-state index contributed by atoms with van der Waals surface area (Å²) in [5, 5.41) is 2.59. The molecule has 0 fully saturated rings. The maximum Gasteiger partial charge on any atom is 0.294 e. The summed E-state index contributed by atoms with van der Waals surface area (Å²) < 4.78 is 4.59. The summed E-state index contributed by atoms with van der Waals surface area (Å²) in [6.45, 7) is 4.38. The van der Waals surface area contributed by atoms with Gasteiger partial charge in [0, 0.05) is 5.39 Å². The van der Waals surface area contributed by atoms with E-state index >= 15 is 0 Å². The van der Waals surface area contributed by atoms with Crippen molar-refractivity contribution in [2.75, 3.05) is 0 Å². The molecule has 2 heterocycles. The minimum atomic E-state index is 1.23. The molecule has 0 N–H and O–H groups in total. The lowest BCUT2D eigenvalue weighted by Crippen LogP contribution is -2.30. The molecule has 2 heteroatoms. The smallest absolute Gasteiger partial charge is 0.236 e. The molecule has 2 aromatic carbocycles. The number of benzene rings is 2. The highest BCUT2D eigenvalue weighted by Crippen LogP contribution is 2.31. The highest BCUT2D eigenvalue weighted by molar-refractivity contribution is 6.06. The summed E-state index contributed by atoms with van der Waals surface area (Å²) in [5.74, 6) is 0. The number of para-hydroxylation sites is 1. The van der Waals surface area contributed by atoms with Gasteiger partial charge in [-0.15, -0.1) is 0 Å². The van der Waals surface area contributed by atoms with Crippen molar-refractivity contribution in [2.24, 2.45) is 7.05 Å². The largest absolute Gasteiger partial charge is 0.294 e. The molecule has 108 valence electrons. The van der Waals surface area contributed by atoms with Crippen molar-refractivity contribution in [1.82, 2.24) is 4.57 Å². The van der Waals surface area contributed by atoms with Crippen LogP contribution in [0.1, 0.15) is 11.1 Å². The number of aromatic nitrogens is 2. The molecule has 0 spiro atoms. The van der Waals surface area contributed by atoms with Gasteiger partial charge >= 0.3 is 0 Å². The zero-order valence-corrected chi connectivity index (χ0v) is 13.2. The normalized spacial score (nSPS) is 11.4. The monoisotopic (exact) mass is 287 g/mol. The lowest BCUT2D eigenvalue weighted by atomic mass is 10.1. The number of nitrogens with zero attached hydrogens (tertiary/aromatic N) is 2. The van der Waals surface area contributed by atoms with Crippen LogP contribution in [0.2, 0.25) is 0 Å². The van der Waals surface area contributed by atoms with Gasteiger partial charge in [-0.05, 0) is 55.3 Å². The maximum absolute atomic E-state index is 2.38. The molecule has 0 bridgehead atoms. The summed E-state index contributed by atoms with van der Waals surface area (Å²) in [4.78, 5) is 0. The first-order chi connectivity index (χ1) is 10.7. The van der Waals surface area contributed by atoms with E-state index in [2.05, 4.69) is 90.8 Å². The molecule has 2 nitrogen and oxygen atoms in total. The Morgan fingerprint density at radius 2 is 1.59 bits per heavy atom. The second-order valence-corrected chi connectivity index (χ2v) is 5.93. The van der Waals surface area contributed by atoms with E-state index in [0.717, 1.165) is 0 Å². The van der Waals surface area contributed by atoms with Gasteiger partial charge in [-0.1, -0.05) is 24.3 Å². The van der Waals surface area contributed by atoms with E-state index in [4.69, 9.17) is 0 Å². The molecule has 0 unspecified atom stereocenters. The molecule has 0 amide bonds. The molecule has 0 aliphatic rings. The number of hydrogen-bond acceptors (Lipinski definition) is 0. The molecule has 0 saturated heterocycles. The third-order valence-corrected chi connectivity index (χ3v) is 4.61. The van der Waals surface area contributed by atoms with E-state index < -0.39 is 0 Å². The van der Waals surface area contributed by atoms with Crippen LogP contribution in [0.4, 0.5) is 0 Å². The zero-order valence-electron chi connectivity index (χ0n) is 13.2. The Hall–Kier alpha value is -2.61. The van der Waals surface area contributed by atoms with Gasteiger partial charge in [0.2, 0.25) is 0 Å². The molecule has 4 aromatic rings. The van der Waals surface area contributed by atoms with Gasteiger partial charge in [0.05, 0.1) is 18.6 Å². The summed E-state index contributed by atoms with van der Waals surface area (Å²) in [6, 6.07) is 19.5. The number of hydrogen-bond donors (Lipinski definition) is 0. The Balaban J connectivity index is 2.27. The van der Waals surface area contributed by atoms with Crippen molar-refractivity contribution in [2.45, 2.75) is 13.8 Å². The molecular formula is C20H19N2+. The average Bonchev–Trinajstić information content (AvgIpc) is 2.86. The molecule has 0 aliphatic carbocycles. The van der Waals surface area contributed by atoms with Gasteiger partial charge in [-0.3, -0.25) is 0 Å². The van der Waals surface area contributed by atoms with Gasteiger partial charge in [0.15, 0.2) is 0 Å². The number of fused-ring (bicyclic) bond motifs is 3. The topological polar surface area (TPSA) is 8.81 Å². The lowest BCUT2D eigenvalue weighted by Gasteiger charge is -2.07. The van der Waals surface area contributed by atoms with E-state index in [0.29, 0.717) is 0 Å². The molecule has 0 saturated carbocycles. The standard InChI is InChI=1S/C20H19N2/c1-14-8-6-12-18(15(14)2)22-19-11-5-4-9-16(19)17-10-7-13-21(3)20(17)22/h4-13H,1-3H3/q+1. The minimum absolute atomic E-state index is 1.23. The fraction of sp³-hybridized carbons (Fsp3) is 0.150. The van der Waals surface area contributed by atoms with Crippen LogP contribution in [0.3, 0.4) is 0 Å². The Labute approximate surface area is 130 Å². The molecular weight excluding hydrogens is 268 g/mol. The first kappa shape index (κ1) is 13.1. The van der Waals surface area contributed by atoms with Crippen LogP contribution in [-0.2, 0) is 7.05 Å². The van der Waals surface area contributed by atoms with Crippen molar-refractivity contribution in [1.29, 1.82) is 0 Å². The molecule has 0 radical (unpaired) electrons. The van der Waals surface area contributed by atoms with Crippen molar-refractivity contribution >= 4 is 21.9 Å². The van der Waals surface area contributed by atoms with Gasteiger partial charge < -0.3 is 0 Å². The van der Waals surface area contributed by atoms with Gasteiger partial charge in [0.25, 0.3) is 5.65 Å². The van der Waals surface area contributed by atoms with Crippen LogP contribution in [-0.4, -0.2) is 4.57 Å². The van der Waals surface area contributed by atoms with Crippen molar-refractivity contribution in [3.8, 4) is 5.69 Å². The Morgan fingerprint density at radius 1 is 0.818 bits per heavy atom. The summed E-state index contributed by atoms with van der Waals surface area (Å²) in [5.41, 5.74) is 6.40. The minimum Gasteiger partial charge on any atom is -0.236 e. The van der Waals surface area contributed by atoms with Crippen LogP contribution in [0.25, 0.3) is 27.6 Å². The lowest BCUT2D eigenvalue weighted by molar-refractivity contribution is -0.647. The van der Waals surface area contributed by atoms with Gasteiger partial charge in [0.1, 0.15) is 11.2 Å². The van der Waals surface area contributed by atoms with Crippen LogP contribution < -0.4 is 4.57 Å². The Bertz CT molecular complexity index is 1010. The average molecular weight is 287 g/mol. The summed E-state index contributed by atoms with van der Waals surface area (Å²) >= 11 is 0.